The molecule has 120 valence electrons. The Morgan fingerprint density at radius 2 is 2.05 bits per heavy atom. The minimum Gasteiger partial charge on any atom is -0.383 e. The number of aliphatic imine (C=N–C) groups is 1. The van der Waals surface area contributed by atoms with Gasteiger partial charge in [-0.05, 0) is 25.6 Å². The molecule has 0 bridgehead atoms. The molecular weight excluding hydrogens is 284 g/mol. The van der Waals surface area contributed by atoms with Gasteiger partial charge in [0.2, 0.25) is 0 Å². The van der Waals surface area contributed by atoms with Crippen molar-refractivity contribution in [1.29, 1.82) is 0 Å². The molecule has 0 fully saturated rings. The molecule has 0 aliphatic rings. The van der Waals surface area contributed by atoms with Crippen LogP contribution in [0.3, 0.4) is 0 Å². The maximum atomic E-state index is 5.06. The Kier molecular flexibility index (Phi) is 9.05. The molecule has 2 N–H and O–H groups in total. The second-order valence-corrected chi connectivity index (χ2v) is 6.12. The third kappa shape index (κ3) is 7.45. The zero-order chi connectivity index (χ0) is 15.5. The number of likely N-dealkylation sites (N-methyl/N-ethyl adjacent to an activating group) is 1. The molecule has 0 unspecified atom stereocenters. The van der Waals surface area contributed by atoms with Crippen LogP contribution in [0.4, 0.5) is 0 Å². The lowest BCUT2D eigenvalue weighted by Crippen LogP contribution is -2.40. The third-order valence-electron chi connectivity index (χ3n) is 3.18. The van der Waals surface area contributed by atoms with Crippen molar-refractivity contribution in [3.8, 4) is 0 Å². The summed E-state index contributed by atoms with van der Waals surface area (Å²) in [6.07, 6.45) is 1.10. The van der Waals surface area contributed by atoms with Crippen molar-refractivity contribution in [2.75, 3.05) is 47.4 Å². The van der Waals surface area contributed by atoms with Gasteiger partial charge >= 0.3 is 0 Å². The summed E-state index contributed by atoms with van der Waals surface area (Å²) in [6.45, 7) is 6.54. The molecule has 1 aromatic rings. The molecule has 0 radical (unpaired) electrons. The average molecular weight is 312 g/mol. The van der Waals surface area contributed by atoms with Crippen LogP contribution in [0.1, 0.15) is 16.7 Å². The molecule has 5 nitrogen and oxygen atoms in total. The zero-order valence-corrected chi connectivity index (χ0v) is 14.4. The predicted octanol–water partition coefficient (Wildman–Crippen LogP) is 1.55. The number of thiophene rings is 1. The summed E-state index contributed by atoms with van der Waals surface area (Å²) in [6, 6.07) is 4.38. The van der Waals surface area contributed by atoms with Gasteiger partial charge in [-0.1, -0.05) is 6.92 Å². The molecule has 6 heteroatoms. The van der Waals surface area contributed by atoms with E-state index in [1.807, 2.05) is 11.3 Å². The summed E-state index contributed by atoms with van der Waals surface area (Å²) in [5.74, 6) is 0.849. The molecule has 0 spiro atoms. The lowest BCUT2D eigenvalue weighted by molar-refractivity contribution is 0.162. The minimum absolute atomic E-state index is 0.765. The molecule has 0 saturated carbocycles. The van der Waals surface area contributed by atoms with Crippen LogP contribution in [0.5, 0.6) is 0 Å². The van der Waals surface area contributed by atoms with E-state index < -0.39 is 0 Å². The SMILES string of the molecule is CCc1ccc(CNC(=NC)NCCN(C)CCOC)s1. The highest BCUT2D eigenvalue weighted by molar-refractivity contribution is 7.11. The Morgan fingerprint density at radius 3 is 2.67 bits per heavy atom. The largest absolute Gasteiger partial charge is 0.383 e. The van der Waals surface area contributed by atoms with Crippen molar-refractivity contribution in [3.63, 3.8) is 0 Å². The summed E-state index contributed by atoms with van der Waals surface area (Å²) in [5, 5.41) is 6.67. The van der Waals surface area contributed by atoms with Crippen LogP contribution in [0, 0.1) is 0 Å². The van der Waals surface area contributed by atoms with E-state index in [0.717, 1.165) is 45.2 Å². The number of nitrogens with zero attached hydrogens (tertiary/aromatic N) is 2. The monoisotopic (exact) mass is 312 g/mol. The van der Waals surface area contributed by atoms with Gasteiger partial charge in [-0.2, -0.15) is 0 Å². The summed E-state index contributed by atoms with van der Waals surface area (Å²) >= 11 is 1.86. The van der Waals surface area contributed by atoms with Gasteiger partial charge in [0, 0.05) is 43.5 Å². The van der Waals surface area contributed by atoms with Crippen LogP contribution in [-0.2, 0) is 17.7 Å². The van der Waals surface area contributed by atoms with Gasteiger partial charge in [-0.15, -0.1) is 11.3 Å². The van der Waals surface area contributed by atoms with Crippen LogP contribution in [0.25, 0.3) is 0 Å². The number of nitrogens with one attached hydrogen (secondary N) is 2. The first-order chi connectivity index (χ1) is 10.2. The Hall–Kier alpha value is -1.11. The van der Waals surface area contributed by atoms with E-state index in [1.54, 1.807) is 14.2 Å². The fourth-order valence-corrected chi connectivity index (χ4v) is 2.72. The number of ether oxygens (including phenoxy) is 1. The van der Waals surface area contributed by atoms with E-state index in [4.69, 9.17) is 4.74 Å². The maximum absolute atomic E-state index is 5.06. The number of aryl methyl sites for hydroxylation is 1. The number of methoxy groups -OCH3 is 1. The zero-order valence-electron chi connectivity index (χ0n) is 13.6. The van der Waals surface area contributed by atoms with Crippen LogP contribution in [0.2, 0.25) is 0 Å². The van der Waals surface area contributed by atoms with Gasteiger partial charge in [-0.3, -0.25) is 4.99 Å². The van der Waals surface area contributed by atoms with E-state index in [2.05, 4.69) is 46.6 Å². The van der Waals surface area contributed by atoms with Crippen molar-refractivity contribution in [1.82, 2.24) is 15.5 Å². The van der Waals surface area contributed by atoms with Gasteiger partial charge in [0.05, 0.1) is 13.2 Å². The second-order valence-electron chi connectivity index (χ2n) is 4.87. The van der Waals surface area contributed by atoms with E-state index in [1.165, 1.54) is 9.75 Å². The molecule has 0 atom stereocenters. The Morgan fingerprint density at radius 1 is 1.29 bits per heavy atom. The van der Waals surface area contributed by atoms with Gasteiger partial charge in [0.25, 0.3) is 0 Å². The fraction of sp³-hybridized carbons (Fsp3) is 0.667. The molecule has 0 saturated heterocycles. The first kappa shape index (κ1) is 17.9. The molecular formula is C15H28N4OS. The second kappa shape index (κ2) is 10.6. The number of hydrogen-bond donors (Lipinski definition) is 2. The standard InChI is InChI=1S/C15H28N4OS/c1-5-13-6-7-14(21-13)12-18-15(16-2)17-8-9-19(3)10-11-20-4/h6-7H,5,8-12H2,1-4H3,(H2,16,17,18). The van der Waals surface area contributed by atoms with Crippen LogP contribution >= 0.6 is 11.3 Å². The van der Waals surface area contributed by atoms with Gasteiger partial charge in [0.1, 0.15) is 0 Å². The Labute approximate surface area is 132 Å². The lowest BCUT2D eigenvalue weighted by Gasteiger charge is -2.17. The first-order valence-electron chi connectivity index (χ1n) is 7.39. The topological polar surface area (TPSA) is 48.9 Å². The van der Waals surface area contributed by atoms with Crippen molar-refractivity contribution < 1.29 is 4.74 Å². The summed E-state index contributed by atoms with van der Waals surface area (Å²) in [5.41, 5.74) is 0. The van der Waals surface area contributed by atoms with Gasteiger partial charge in [-0.25, -0.2) is 0 Å². The predicted molar refractivity (Wildman–Crippen MR) is 91.3 cm³/mol. The van der Waals surface area contributed by atoms with E-state index in [9.17, 15) is 0 Å². The van der Waals surface area contributed by atoms with Crippen molar-refractivity contribution >= 4 is 17.3 Å². The highest BCUT2D eigenvalue weighted by atomic mass is 32.1. The fourth-order valence-electron chi connectivity index (χ4n) is 1.82. The average Bonchev–Trinajstić information content (AvgIpc) is 2.96. The van der Waals surface area contributed by atoms with Crippen molar-refractivity contribution in [2.45, 2.75) is 19.9 Å². The molecule has 0 aliphatic heterocycles. The number of hydrogen-bond acceptors (Lipinski definition) is 4. The first-order valence-corrected chi connectivity index (χ1v) is 8.20. The van der Waals surface area contributed by atoms with Gasteiger partial charge in [0.15, 0.2) is 5.96 Å². The van der Waals surface area contributed by atoms with Crippen LogP contribution in [-0.4, -0.2) is 58.3 Å². The van der Waals surface area contributed by atoms with Crippen molar-refractivity contribution in [2.24, 2.45) is 4.99 Å². The maximum Gasteiger partial charge on any atom is 0.191 e. The van der Waals surface area contributed by atoms with Crippen LogP contribution < -0.4 is 10.6 Å². The van der Waals surface area contributed by atoms with E-state index >= 15 is 0 Å². The molecule has 1 rings (SSSR count). The molecule has 1 aromatic heterocycles. The summed E-state index contributed by atoms with van der Waals surface area (Å²) < 4.78 is 5.06. The van der Waals surface area contributed by atoms with Gasteiger partial charge < -0.3 is 20.3 Å². The number of guanidine groups is 1. The lowest BCUT2D eigenvalue weighted by atomic mass is 10.4. The Balaban J connectivity index is 2.23. The normalized spacial score (nSPS) is 12.0. The molecule has 0 amide bonds. The van der Waals surface area contributed by atoms with E-state index in [0.29, 0.717) is 0 Å². The summed E-state index contributed by atoms with van der Waals surface area (Å²) in [4.78, 5) is 9.24. The summed E-state index contributed by atoms with van der Waals surface area (Å²) in [7, 11) is 5.62. The molecule has 21 heavy (non-hydrogen) atoms. The Bertz CT molecular complexity index is 420. The minimum atomic E-state index is 0.765. The van der Waals surface area contributed by atoms with Crippen molar-refractivity contribution in [3.05, 3.63) is 21.9 Å². The molecule has 1 heterocycles. The third-order valence-corrected chi connectivity index (χ3v) is 4.41. The van der Waals surface area contributed by atoms with Crippen LogP contribution in [0.15, 0.2) is 17.1 Å². The number of rotatable bonds is 9. The highest BCUT2D eigenvalue weighted by Gasteiger charge is 2.02. The smallest absolute Gasteiger partial charge is 0.191 e. The van der Waals surface area contributed by atoms with E-state index in [-0.39, 0.29) is 0 Å². The molecule has 0 aliphatic carbocycles. The quantitative estimate of drug-likeness (QED) is 0.537. The highest BCUT2D eigenvalue weighted by Crippen LogP contribution is 2.16. The molecule has 0 aromatic carbocycles.